The average Bonchev–Trinajstić information content (AvgIpc) is 2.65. The van der Waals surface area contributed by atoms with E-state index in [2.05, 4.69) is 5.32 Å². The van der Waals surface area contributed by atoms with E-state index in [0.717, 1.165) is 0 Å². The average molecular weight is 379 g/mol. The number of rotatable bonds is 8. The molecule has 0 fully saturated rings. The SMILES string of the molecule is COP(=O)(OC)[C@@H](Nc1cccc(C(=O)[O-])c1)c1cccc([N+](=O)[O-])c1. The van der Waals surface area contributed by atoms with Gasteiger partial charge in [-0.05, 0) is 23.3 Å². The van der Waals surface area contributed by atoms with Crippen molar-refractivity contribution in [3.8, 4) is 0 Å². The molecule has 1 N–H and O–H groups in total. The van der Waals surface area contributed by atoms with Crippen molar-refractivity contribution in [3.63, 3.8) is 0 Å². The Balaban J connectivity index is 2.50. The zero-order valence-electron chi connectivity index (χ0n) is 13.9. The number of anilines is 1. The Hall–Kier alpha value is -2.74. The van der Waals surface area contributed by atoms with Gasteiger partial charge in [-0.15, -0.1) is 0 Å². The van der Waals surface area contributed by atoms with E-state index >= 15 is 0 Å². The topological polar surface area (TPSA) is 131 Å². The molecule has 0 saturated heterocycles. The fourth-order valence-corrected chi connectivity index (χ4v) is 3.74. The van der Waals surface area contributed by atoms with Crippen molar-refractivity contribution in [2.24, 2.45) is 0 Å². The summed E-state index contributed by atoms with van der Waals surface area (Å²) >= 11 is 0. The number of carbonyl (C=O) groups is 1. The van der Waals surface area contributed by atoms with Crippen molar-refractivity contribution in [1.82, 2.24) is 0 Å². The van der Waals surface area contributed by atoms with Crippen LogP contribution in [0.25, 0.3) is 0 Å². The summed E-state index contributed by atoms with van der Waals surface area (Å²) < 4.78 is 23.0. The van der Waals surface area contributed by atoms with Crippen LogP contribution >= 0.6 is 7.60 Å². The van der Waals surface area contributed by atoms with E-state index in [1.54, 1.807) is 6.07 Å². The molecule has 10 heteroatoms. The number of nitro benzene ring substituents is 1. The van der Waals surface area contributed by atoms with Crippen LogP contribution in [0.1, 0.15) is 21.7 Å². The number of hydrogen-bond acceptors (Lipinski definition) is 8. The van der Waals surface area contributed by atoms with Crippen LogP contribution in [0, 0.1) is 10.1 Å². The molecule has 2 aromatic carbocycles. The zero-order valence-corrected chi connectivity index (χ0v) is 14.8. The second kappa shape index (κ2) is 8.09. The van der Waals surface area contributed by atoms with E-state index < -0.39 is 24.3 Å². The molecule has 0 radical (unpaired) electrons. The third kappa shape index (κ3) is 4.26. The first-order valence-electron chi connectivity index (χ1n) is 7.34. The molecule has 2 aromatic rings. The van der Waals surface area contributed by atoms with Gasteiger partial charge in [0.1, 0.15) is 0 Å². The van der Waals surface area contributed by atoms with E-state index in [1.165, 1.54) is 56.7 Å². The Kier molecular flexibility index (Phi) is 6.10. The number of carboxylic acid groups (broad SMARTS) is 1. The Morgan fingerprint density at radius 2 is 1.81 bits per heavy atom. The first-order valence-corrected chi connectivity index (χ1v) is 8.95. The lowest BCUT2D eigenvalue weighted by Crippen LogP contribution is -2.22. The number of hydrogen-bond donors (Lipinski definition) is 1. The molecule has 2 rings (SSSR count). The predicted molar refractivity (Wildman–Crippen MR) is 91.9 cm³/mol. The number of aromatic carboxylic acids is 1. The Labute approximate surface area is 149 Å². The molecule has 0 aliphatic rings. The van der Waals surface area contributed by atoms with E-state index in [0.29, 0.717) is 5.69 Å². The van der Waals surface area contributed by atoms with Gasteiger partial charge in [-0.2, -0.15) is 0 Å². The first kappa shape index (κ1) is 19.6. The van der Waals surface area contributed by atoms with Crippen molar-refractivity contribution < 1.29 is 28.4 Å². The fraction of sp³-hybridized carbons (Fsp3) is 0.188. The monoisotopic (exact) mass is 379 g/mol. The second-order valence-corrected chi connectivity index (χ2v) is 7.50. The molecule has 0 aliphatic carbocycles. The summed E-state index contributed by atoms with van der Waals surface area (Å²) in [7, 11) is -1.39. The number of benzene rings is 2. The highest BCUT2D eigenvalue weighted by atomic mass is 31.2. The minimum atomic E-state index is -3.76. The quantitative estimate of drug-likeness (QED) is 0.421. The van der Waals surface area contributed by atoms with Gasteiger partial charge in [0, 0.05) is 32.0 Å². The summed E-state index contributed by atoms with van der Waals surface area (Å²) in [4.78, 5) is 21.5. The van der Waals surface area contributed by atoms with Gasteiger partial charge in [0.2, 0.25) is 0 Å². The largest absolute Gasteiger partial charge is 0.545 e. The highest BCUT2D eigenvalue weighted by Crippen LogP contribution is 2.59. The van der Waals surface area contributed by atoms with Gasteiger partial charge in [-0.1, -0.05) is 24.3 Å². The number of non-ortho nitro benzene ring substituents is 1. The lowest BCUT2D eigenvalue weighted by atomic mass is 10.1. The first-order chi connectivity index (χ1) is 12.3. The van der Waals surface area contributed by atoms with Gasteiger partial charge in [0.15, 0.2) is 5.78 Å². The molecular formula is C16H16N2O7P-. The number of carbonyl (C=O) groups excluding carboxylic acids is 1. The molecule has 138 valence electrons. The van der Waals surface area contributed by atoms with Crippen molar-refractivity contribution in [1.29, 1.82) is 0 Å². The lowest BCUT2D eigenvalue weighted by Gasteiger charge is -2.26. The maximum Gasteiger partial charge on any atom is 0.356 e. The van der Waals surface area contributed by atoms with Crippen molar-refractivity contribution in [2.75, 3.05) is 19.5 Å². The Bertz CT molecular complexity index is 863. The smallest absolute Gasteiger partial charge is 0.356 e. The molecule has 0 bridgehead atoms. The lowest BCUT2D eigenvalue weighted by molar-refractivity contribution is -0.384. The molecule has 9 nitrogen and oxygen atoms in total. The van der Waals surface area contributed by atoms with Crippen molar-refractivity contribution >= 4 is 24.9 Å². The normalized spacial score (nSPS) is 12.4. The maximum atomic E-state index is 13.0. The van der Waals surface area contributed by atoms with Crippen LogP contribution in [0.4, 0.5) is 11.4 Å². The number of nitro groups is 1. The molecule has 0 amide bonds. The summed E-state index contributed by atoms with van der Waals surface area (Å²) in [6, 6.07) is 11.2. The molecule has 0 aromatic heterocycles. The van der Waals surface area contributed by atoms with E-state index in [-0.39, 0.29) is 16.8 Å². The minimum absolute atomic E-state index is 0.0857. The van der Waals surface area contributed by atoms with Gasteiger partial charge < -0.3 is 24.3 Å². The zero-order chi connectivity index (χ0) is 19.3. The molecule has 0 spiro atoms. The molecular weight excluding hydrogens is 363 g/mol. The van der Waals surface area contributed by atoms with Crippen LogP contribution in [0.15, 0.2) is 48.5 Å². The molecule has 0 heterocycles. The van der Waals surface area contributed by atoms with Gasteiger partial charge in [0.05, 0.1) is 10.9 Å². The molecule has 0 aliphatic heterocycles. The highest BCUT2D eigenvalue weighted by molar-refractivity contribution is 7.54. The maximum absolute atomic E-state index is 13.0. The van der Waals surface area contributed by atoms with Gasteiger partial charge in [-0.3, -0.25) is 14.7 Å². The second-order valence-electron chi connectivity index (χ2n) is 5.17. The Morgan fingerprint density at radius 1 is 1.15 bits per heavy atom. The summed E-state index contributed by atoms with van der Waals surface area (Å²) in [5, 5.41) is 24.9. The summed E-state index contributed by atoms with van der Waals surface area (Å²) in [5.41, 5.74) is 0.302. The van der Waals surface area contributed by atoms with Crippen LogP contribution in [0.3, 0.4) is 0 Å². The van der Waals surface area contributed by atoms with Gasteiger partial charge in [0.25, 0.3) is 5.69 Å². The van der Waals surface area contributed by atoms with E-state index in [9.17, 15) is 24.6 Å². The third-order valence-electron chi connectivity index (χ3n) is 3.62. The van der Waals surface area contributed by atoms with Crippen LogP contribution in [0.5, 0.6) is 0 Å². The fourth-order valence-electron chi connectivity index (χ4n) is 2.33. The minimum Gasteiger partial charge on any atom is -0.545 e. The van der Waals surface area contributed by atoms with Crippen molar-refractivity contribution in [2.45, 2.75) is 5.78 Å². The van der Waals surface area contributed by atoms with Gasteiger partial charge >= 0.3 is 7.60 Å². The Morgan fingerprint density at radius 3 is 2.38 bits per heavy atom. The highest BCUT2D eigenvalue weighted by Gasteiger charge is 2.36. The molecule has 1 atom stereocenters. The van der Waals surface area contributed by atoms with Crippen LogP contribution in [-0.2, 0) is 13.6 Å². The van der Waals surface area contributed by atoms with E-state index in [4.69, 9.17) is 9.05 Å². The predicted octanol–water partition coefficient (Wildman–Crippen LogP) is 2.55. The van der Waals surface area contributed by atoms with Crippen molar-refractivity contribution in [3.05, 3.63) is 69.8 Å². The summed E-state index contributed by atoms with van der Waals surface area (Å²) in [6.45, 7) is 0. The molecule has 0 saturated carbocycles. The number of nitrogens with zero attached hydrogens (tertiary/aromatic N) is 1. The van der Waals surface area contributed by atoms with Crippen LogP contribution in [-0.4, -0.2) is 25.1 Å². The van der Waals surface area contributed by atoms with Gasteiger partial charge in [-0.25, -0.2) is 0 Å². The van der Waals surface area contributed by atoms with Crippen LogP contribution < -0.4 is 10.4 Å². The number of nitrogens with one attached hydrogen (secondary N) is 1. The third-order valence-corrected chi connectivity index (χ3v) is 5.70. The molecule has 26 heavy (non-hydrogen) atoms. The summed E-state index contributed by atoms with van der Waals surface area (Å²) in [5.74, 6) is -2.48. The number of carboxylic acids is 1. The molecule has 0 unspecified atom stereocenters. The summed E-state index contributed by atoms with van der Waals surface area (Å²) in [6.07, 6.45) is 0. The van der Waals surface area contributed by atoms with Crippen LogP contribution in [0.2, 0.25) is 0 Å². The standard InChI is InChI=1S/C16H17N2O7P/c1-24-26(23,25-2)15(11-5-4-8-14(10-11)18(21)22)17-13-7-3-6-12(9-13)16(19)20/h3-10,15,17H,1-2H3,(H,19,20)/p-1/t15-/m1/s1. The van der Waals surface area contributed by atoms with E-state index in [1.807, 2.05) is 0 Å².